The molecule has 0 N–H and O–H groups in total. The van der Waals surface area contributed by atoms with Gasteiger partial charge in [-0.25, -0.2) is 4.79 Å². The van der Waals surface area contributed by atoms with Crippen molar-refractivity contribution in [3.8, 4) is 16.9 Å². The summed E-state index contributed by atoms with van der Waals surface area (Å²) in [5, 5.41) is 0. The minimum Gasteiger partial charge on any atom is -0.497 e. The van der Waals surface area contributed by atoms with Gasteiger partial charge in [0.25, 0.3) is 0 Å². The summed E-state index contributed by atoms with van der Waals surface area (Å²) in [6.45, 7) is 0.930. The molecule has 1 heterocycles. The molecule has 1 amide bonds. The highest BCUT2D eigenvalue weighted by Crippen LogP contribution is 2.44. The van der Waals surface area contributed by atoms with Gasteiger partial charge >= 0.3 is 6.09 Å². The molecule has 0 saturated heterocycles. The summed E-state index contributed by atoms with van der Waals surface area (Å²) in [4.78, 5) is 26.9. The van der Waals surface area contributed by atoms with Crippen LogP contribution < -0.4 is 4.74 Å². The SMILES string of the molecule is COc1cccc(Cn2cc(CC(C=O)N(C)C(=O)OCC3c4ccccc4-c4ccccc43)c3c2CCC=C3)c1. The lowest BCUT2D eigenvalue weighted by Crippen LogP contribution is -2.40. The van der Waals surface area contributed by atoms with Crippen LogP contribution in [0.4, 0.5) is 4.79 Å². The molecule has 2 aliphatic carbocycles. The van der Waals surface area contributed by atoms with E-state index in [9.17, 15) is 9.59 Å². The molecule has 0 spiro atoms. The van der Waals surface area contributed by atoms with Gasteiger partial charge in [0.1, 0.15) is 18.6 Å². The fraction of sp³-hybridized carbons (Fsp3) is 0.257. The van der Waals surface area contributed by atoms with E-state index in [1.54, 1.807) is 14.2 Å². The average Bonchev–Trinajstić information content (AvgIpc) is 3.53. The summed E-state index contributed by atoms with van der Waals surface area (Å²) >= 11 is 0. The number of methoxy groups -OCH3 is 1. The maximum absolute atomic E-state index is 13.2. The van der Waals surface area contributed by atoms with Gasteiger partial charge < -0.3 is 23.7 Å². The molecular weight excluding hydrogens is 512 g/mol. The van der Waals surface area contributed by atoms with Gasteiger partial charge in [0.15, 0.2) is 0 Å². The molecule has 0 aliphatic heterocycles. The first kappa shape index (κ1) is 26.6. The Labute approximate surface area is 240 Å². The van der Waals surface area contributed by atoms with Crippen molar-refractivity contribution in [2.75, 3.05) is 20.8 Å². The van der Waals surface area contributed by atoms with Crippen molar-refractivity contribution in [1.82, 2.24) is 9.47 Å². The minimum absolute atomic E-state index is 0.0303. The molecule has 0 saturated carbocycles. The maximum Gasteiger partial charge on any atom is 0.410 e. The summed E-state index contributed by atoms with van der Waals surface area (Å²) in [6, 6.07) is 23.9. The van der Waals surface area contributed by atoms with Crippen molar-refractivity contribution in [3.05, 3.63) is 119 Å². The maximum atomic E-state index is 13.2. The van der Waals surface area contributed by atoms with E-state index in [0.29, 0.717) is 13.0 Å². The third-order valence-electron chi connectivity index (χ3n) is 8.34. The van der Waals surface area contributed by atoms with Crippen LogP contribution in [-0.2, 0) is 28.9 Å². The fourth-order valence-corrected chi connectivity index (χ4v) is 6.18. The van der Waals surface area contributed by atoms with Crippen molar-refractivity contribution in [1.29, 1.82) is 0 Å². The molecule has 41 heavy (non-hydrogen) atoms. The van der Waals surface area contributed by atoms with E-state index >= 15 is 0 Å². The molecule has 0 bridgehead atoms. The number of fused-ring (bicyclic) bond motifs is 4. The van der Waals surface area contributed by atoms with Crippen LogP contribution in [0, 0.1) is 0 Å². The fourth-order valence-electron chi connectivity index (χ4n) is 6.18. The Morgan fingerprint density at radius 2 is 1.78 bits per heavy atom. The van der Waals surface area contributed by atoms with E-state index in [-0.39, 0.29) is 12.5 Å². The van der Waals surface area contributed by atoms with Crippen LogP contribution in [0.25, 0.3) is 17.2 Å². The minimum atomic E-state index is -0.641. The number of aromatic nitrogens is 1. The predicted octanol–water partition coefficient (Wildman–Crippen LogP) is 6.50. The number of ether oxygens (including phenoxy) is 2. The molecule has 0 radical (unpaired) electrons. The molecule has 6 nitrogen and oxygen atoms in total. The second-order valence-corrected chi connectivity index (χ2v) is 10.8. The zero-order valence-corrected chi connectivity index (χ0v) is 23.5. The number of hydrogen-bond donors (Lipinski definition) is 0. The van der Waals surface area contributed by atoms with Gasteiger partial charge in [0, 0.05) is 37.8 Å². The van der Waals surface area contributed by atoms with Gasteiger partial charge in [-0.15, -0.1) is 0 Å². The van der Waals surface area contributed by atoms with E-state index in [2.05, 4.69) is 53.2 Å². The monoisotopic (exact) mass is 546 g/mol. The smallest absolute Gasteiger partial charge is 0.410 e. The largest absolute Gasteiger partial charge is 0.497 e. The van der Waals surface area contributed by atoms with E-state index in [0.717, 1.165) is 52.7 Å². The lowest BCUT2D eigenvalue weighted by atomic mass is 9.98. The first-order valence-electron chi connectivity index (χ1n) is 14.1. The zero-order chi connectivity index (χ0) is 28.3. The quantitative estimate of drug-likeness (QED) is 0.225. The third-order valence-corrected chi connectivity index (χ3v) is 8.34. The highest BCUT2D eigenvalue weighted by Gasteiger charge is 2.31. The number of hydrogen-bond acceptors (Lipinski definition) is 4. The molecule has 208 valence electrons. The molecule has 0 fully saturated rings. The van der Waals surface area contributed by atoms with Crippen LogP contribution in [0.2, 0.25) is 0 Å². The van der Waals surface area contributed by atoms with Crippen LogP contribution in [0.15, 0.2) is 85.1 Å². The Balaban J connectivity index is 1.17. The van der Waals surface area contributed by atoms with Gasteiger partial charge in [-0.2, -0.15) is 0 Å². The van der Waals surface area contributed by atoms with Gasteiger partial charge in [-0.3, -0.25) is 0 Å². The number of carbonyl (C=O) groups excluding carboxylic acids is 2. The van der Waals surface area contributed by atoms with Crippen molar-refractivity contribution in [2.45, 2.75) is 37.8 Å². The number of rotatable bonds is 9. The molecule has 3 aromatic carbocycles. The van der Waals surface area contributed by atoms with Crippen molar-refractivity contribution >= 4 is 18.5 Å². The molecule has 1 unspecified atom stereocenters. The van der Waals surface area contributed by atoms with Crippen LogP contribution in [0.5, 0.6) is 5.75 Å². The number of likely N-dealkylation sites (N-methyl/N-ethyl adjacent to an activating group) is 1. The zero-order valence-electron chi connectivity index (χ0n) is 23.5. The predicted molar refractivity (Wildman–Crippen MR) is 160 cm³/mol. The second kappa shape index (κ2) is 11.5. The Kier molecular flexibility index (Phi) is 7.47. The van der Waals surface area contributed by atoms with Gasteiger partial charge in [0.2, 0.25) is 0 Å². The highest BCUT2D eigenvalue weighted by molar-refractivity contribution is 5.79. The van der Waals surface area contributed by atoms with Crippen LogP contribution in [-0.4, -0.2) is 48.7 Å². The number of aldehydes is 1. The van der Waals surface area contributed by atoms with Crippen LogP contribution in [0.1, 0.15) is 45.8 Å². The number of nitrogens with zero attached hydrogens (tertiary/aromatic N) is 2. The number of allylic oxidation sites excluding steroid dienone is 1. The molecule has 6 heteroatoms. The highest BCUT2D eigenvalue weighted by atomic mass is 16.6. The summed E-state index contributed by atoms with van der Waals surface area (Å²) in [5.74, 6) is 0.798. The van der Waals surface area contributed by atoms with Crippen LogP contribution in [0.3, 0.4) is 0 Å². The number of benzene rings is 3. The molecule has 1 atom stereocenters. The summed E-state index contributed by atoms with van der Waals surface area (Å²) in [6.07, 6.45) is 9.13. The Morgan fingerprint density at radius 1 is 1.05 bits per heavy atom. The molecular formula is C35H34N2O4. The topological polar surface area (TPSA) is 60.8 Å². The number of amides is 1. The lowest BCUT2D eigenvalue weighted by Gasteiger charge is -2.24. The Bertz CT molecular complexity index is 1570. The van der Waals surface area contributed by atoms with Gasteiger partial charge in [0.05, 0.1) is 13.2 Å². The normalized spacial score (nSPS) is 14.1. The first-order chi connectivity index (χ1) is 20.1. The van der Waals surface area contributed by atoms with E-state index in [4.69, 9.17) is 9.47 Å². The van der Waals surface area contributed by atoms with E-state index in [1.165, 1.54) is 21.7 Å². The van der Waals surface area contributed by atoms with Crippen LogP contribution >= 0.6 is 0 Å². The Morgan fingerprint density at radius 3 is 2.49 bits per heavy atom. The van der Waals surface area contributed by atoms with Gasteiger partial charge in [-0.1, -0.05) is 72.8 Å². The first-order valence-corrected chi connectivity index (χ1v) is 14.1. The third kappa shape index (κ3) is 5.18. The summed E-state index contributed by atoms with van der Waals surface area (Å²) < 4.78 is 13.5. The molecule has 2 aliphatic rings. The molecule has 1 aromatic heterocycles. The summed E-state index contributed by atoms with van der Waals surface area (Å²) in [5.41, 5.74) is 9.27. The Hall–Kier alpha value is -4.58. The lowest BCUT2D eigenvalue weighted by molar-refractivity contribution is -0.111. The number of carbonyl (C=O) groups is 2. The summed E-state index contributed by atoms with van der Waals surface area (Å²) in [7, 11) is 3.32. The average molecular weight is 547 g/mol. The van der Waals surface area contributed by atoms with Crippen molar-refractivity contribution in [3.63, 3.8) is 0 Å². The van der Waals surface area contributed by atoms with Crippen molar-refractivity contribution < 1.29 is 19.1 Å². The molecule has 6 rings (SSSR count). The van der Waals surface area contributed by atoms with Gasteiger partial charge in [-0.05, 0) is 63.9 Å². The van der Waals surface area contributed by atoms with E-state index in [1.807, 2.05) is 42.5 Å². The second-order valence-electron chi connectivity index (χ2n) is 10.8. The molecule has 4 aromatic rings. The van der Waals surface area contributed by atoms with E-state index < -0.39 is 12.1 Å². The standard InChI is InChI=1S/C35H34N2O4/c1-36(35(39)41-23-33-31-15-5-3-13-29(31)30-14-4-6-16-32(30)33)26(22-38)19-25-21-37(34-17-8-7-12-28(25)34)20-24-10-9-11-27(18-24)40-2/h3-7,9-16,18,21-22,26,33H,8,17,19-20,23H2,1-2H3. The van der Waals surface area contributed by atoms with Crippen molar-refractivity contribution in [2.24, 2.45) is 0 Å².